The van der Waals surface area contributed by atoms with Crippen LogP contribution in [0.25, 0.3) is 22.6 Å². The summed E-state index contributed by atoms with van der Waals surface area (Å²) in [5.41, 5.74) is 2.19. The number of hydrogen-bond donors (Lipinski definition) is 0. The Labute approximate surface area is 135 Å². The predicted octanol–water partition coefficient (Wildman–Crippen LogP) is 0.139. The molecule has 0 saturated carbocycles. The van der Waals surface area contributed by atoms with Gasteiger partial charge in [0.2, 0.25) is 0 Å². The van der Waals surface area contributed by atoms with Crippen LogP contribution in [0.5, 0.6) is 0 Å². The maximum absolute atomic E-state index is 8.49. The number of hydrogen-bond acceptors (Lipinski definition) is 4. The van der Waals surface area contributed by atoms with E-state index in [2.05, 4.69) is 0 Å². The van der Waals surface area contributed by atoms with E-state index in [4.69, 9.17) is 23.1 Å². The van der Waals surface area contributed by atoms with Gasteiger partial charge in [-0.15, -0.1) is 10.2 Å². The second kappa shape index (κ2) is 7.82. The van der Waals surface area contributed by atoms with Crippen molar-refractivity contribution in [2.24, 2.45) is 0 Å². The van der Waals surface area contributed by atoms with Crippen LogP contribution in [-0.2, 0) is 0 Å². The highest BCUT2D eigenvalue weighted by Crippen LogP contribution is 2.25. The van der Waals surface area contributed by atoms with Crippen molar-refractivity contribution in [1.29, 1.82) is 0 Å². The van der Waals surface area contributed by atoms with Gasteiger partial charge in [-0.3, -0.25) is 0 Å². The van der Waals surface area contributed by atoms with E-state index in [1.54, 1.807) is 0 Å². The van der Waals surface area contributed by atoms with Gasteiger partial charge >= 0.3 is 11.5 Å². The van der Waals surface area contributed by atoms with E-state index in [1.807, 2.05) is 78.9 Å². The van der Waals surface area contributed by atoms with E-state index < -0.39 is 10.2 Å². The van der Waals surface area contributed by atoms with Crippen molar-refractivity contribution in [2.75, 3.05) is 0 Å². The lowest BCUT2D eigenvalue weighted by Crippen LogP contribution is -2.68. The average molecular weight is 333 g/mol. The molecular formula is C17H13ClO5. The molecule has 0 fully saturated rings. The van der Waals surface area contributed by atoms with Crippen LogP contribution < -0.4 is 18.6 Å². The van der Waals surface area contributed by atoms with Crippen molar-refractivity contribution >= 4 is 0 Å². The first-order valence-electron chi connectivity index (χ1n) is 6.59. The minimum Gasteiger partial charge on any atom is -0.222 e. The molecule has 1 heterocycles. The second-order valence-electron chi connectivity index (χ2n) is 4.47. The van der Waals surface area contributed by atoms with E-state index in [1.165, 1.54) is 0 Å². The quantitative estimate of drug-likeness (QED) is 0.621. The molecule has 6 heteroatoms. The van der Waals surface area contributed by atoms with Gasteiger partial charge in [0, 0.05) is 12.1 Å². The maximum Gasteiger partial charge on any atom is 0.360 e. The summed E-state index contributed by atoms with van der Waals surface area (Å²) in [6, 6.07) is 26.3. The van der Waals surface area contributed by atoms with Crippen molar-refractivity contribution < 1.29 is 33.3 Å². The van der Waals surface area contributed by atoms with E-state index in [0.717, 1.165) is 22.6 Å². The lowest BCUT2D eigenvalue weighted by atomic mass is 10.1. The maximum atomic E-state index is 8.49. The summed E-state index contributed by atoms with van der Waals surface area (Å²) >= 11 is 0. The number of benzene rings is 2. The van der Waals surface area contributed by atoms with Gasteiger partial charge in [0.1, 0.15) is 0 Å². The van der Waals surface area contributed by atoms with E-state index in [9.17, 15) is 0 Å². The number of halogens is 1. The molecular weight excluding hydrogens is 320 g/mol. The lowest BCUT2D eigenvalue weighted by Gasteiger charge is -2.17. The van der Waals surface area contributed by atoms with Crippen molar-refractivity contribution in [3.8, 4) is 22.6 Å². The van der Waals surface area contributed by atoms with E-state index in [-0.39, 0.29) is 0 Å². The minimum absolute atomic E-state index is 0.886. The first kappa shape index (κ1) is 17.1. The highest BCUT2D eigenvalue weighted by Gasteiger charge is 2.15. The summed E-state index contributed by atoms with van der Waals surface area (Å²) in [7, 11) is -4.94. The Morgan fingerprint density at radius 2 is 0.870 bits per heavy atom. The molecule has 0 bridgehead atoms. The summed E-state index contributed by atoms with van der Waals surface area (Å²) < 4.78 is 39.9. The molecule has 0 saturated heterocycles. The van der Waals surface area contributed by atoms with Gasteiger partial charge in [-0.1, -0.05) is 36.4 Å². The molecule has 0 N–H and O–H groups in total. The van der Waals surface area contributed by atoms with Crippen LogP contribution in [0.1, 0.15) is 0 Å². The van der Waals surface area contributed by atoms with Crippen LogP contribution in [0.3, 0.4) is 0 Å². The van der Waals surface area contributed by atoms with E-state index in [0.29, 0.717) is 0 Å². The molecule has 0 amide bonds. The summed E-state index contributed by atoms with van der Waals surface area (Å²) in [6.07, 6.45) is 0. The molecule has 2 aromatic carbocycles. The van der Waals surface area contributed by atoms with Crippen molar-refractivity contribution in [3.05, 3.63) is 78.9 Å². The van der Waals surface area contributed by atoms with Gasteiger partial charge in [0.05, 0.1) is 11.1 Å². The van der Waals surface area contributed by atoms with Crippen LogP contribution in [0.15, 0.2) is 83.3 Å². The van der Waals surface area contributed by atoms with Crippen molar-refractivity contribution in [1.82, 2.24) is 0 Å². The molecule has 23 heavy (non-hydrogen) atoms. The molecule has 0 radical (unpaired) electrons. The molecule has 1 aromatic heterocycles. The summed E-state index contributed by atoms with van der Waals surface area (Å²) in [5, 5.41) is 0. The zero-order valence-corrected chi connectivity index (χ0v) is 12.7. The Hall–Kier alpha value is -2.28. The highest BCUT2D eigenvalue weighted by molar-refractivity contribution is 5.62. The molecule has 0 atom stereocenters. The third-order valence-electron chi connectivity index (χ3n) is 2.83. The zero-order chi connectivity index (χ0) is 16.7. The highest BCUT2D eigenvalue weighted by atomic mass is 35.7. The molecule has 3 aromatic rings. The van der Waals surface area contributed by atoms with Gasteiger partial charge in [-0.2, -0.15) is 0 Å². The average Bonchev–Trinajstić information content (AvgIpc) is 2.55. The van der Waals surface area contributed by atoms with Gasteiger partial charge in [0.15, 0.2) is 0 Å². The number of rotatable bonds is 2. The Morgan fingerprint density at radius 3 is 1.22 bits per heavy atom. The SMILES string of the molecule is [O-][Cl+3]([O-])([O-])[O-].c1ccc(-c2cccc(-c3ccccc3)[o+]2)cc1. The molecule has 0 aliphatic heterocycles. The Morgan fingerprint density at radius 1 is 0.522 bits per heavy atom. The smallest absolute Gasteiger partial charge is 0.222 e. The fourth-order valence-electron chi connectivity index (χ4n) is 1.92. The van der Waals surface area contributed by atoms with Crippen LogP contribution in [0.2, 0.25) is 0 Å². The summed E-state index contributed by atoms with van der Waals surface area (Å²) in [6.45, 7) is 0. The van der Waals surface area contributed by atoms with Crippen LogP contribution in [0.4, 0.5) is 0 Å². The van der Waals surface area contributed by atoms with E-state index >= 15 is 0 Å². The fraction of sp³-hybridized carbons (Fsp3) is 0. The first-order chi connectivity index (χ1) is 10.9. The first-order valence-corrected chi connectivity index (χ1v) is 7.83. The molecule has 3 rings (SSSR count). The molecule has 0 aliphatic carbocycles. The van der Waals surface area contributed by atoms with Crippen LogP contribution >= 0.6 is 0 Å². The topological polar surface area (TPSA) is 104 Å². The third kappa shape index (κ3) is 6.15. The zero-order valence-electron chi connectivity index (χ0n) is 11.9. The molecule has 0 aliphatic rings. The predicted molar refractivity (Wildman–Crippen MR) is 74.0 cm³/mol. The molecule has 118 valence electrons. The van der Waals surface area contributed by atoms with Gasteiger partial charge in [-0.25, -0.2) is 23.1 Å². The lowest BCUT2D eigenvalue weighted by molar-refractivity contribution is -2.00. The Balaban J connectivity index is 0.000000338. The Kier molecular flexibility index (Phi) is 5.81. The van der Waals surface area contributed by atoms with Crippen LogP contribution in [0, 0.1) is 10.2 Å². The monoisotopic (exact) mass is 332 g/mol. The fourth-order valence-corrected chi connectivity index (χ4v) is 1.92. The van der Waals surface area contributed by atoms with Gasteiger partial charge < -0.3 is 0 Å². The minimum atomic E-state index is -4.94. The molecule has 5 nitrogen and oxygen atoms in total. The summed E-state index contributed by atoms with van der Waals surface area (Å²) in [5.74, 6) is 1.77. The van der Waals surface area contributed by atoms with Crippen molar-refractivity contribution in [3.63, 3.8) is 0 Å². The van der Waals surface area contributed by atoms with Crippen molar-refractivity contribution in [2.45, 2.75) is 0 Å². The normalized spacial score (nSPS) is 10.6. The second-order valence-corrected chi connectivity index (χ2v) is 5.22. The molecule has 0 spiro atoms. The summed E-state index contributed by atoms with van der Waals surface area (Å²) in [4.78, 5) is 0. The van der Waals surface area contributed by atoms with Gasteiger partial charge in [-0.05, 0) is 30.3 Å². The van der Waals surface area contributed by atoms with Gasteiger partial charge in [0.25, 0.3) is 0 Å². The largest absolute Gasteiger partial charge is 0.360 e. The standard InChI is InChI=1S/C17H13O.ClHO4/c1-3-8-14(9-4-1)16-12-7-13-17(18-16)15-10-5-2-6-11-15;2-1(3,4)5/h1-13H;(H,2,3,4,5)/q+1;/p-1. The van der Waals surface area contributed by atoms with Crippen LogP contribution in [-0.4, -0.2) is 0 Å². The molecule has 0 unspecified atom stereocenters. The third-order valence-corrected chi connectivity index (χ3v) is 2.83. The Bertz CT molecular complexity index is 666.